The number of amides is 1. The summed E-state index contributed by atoms with van der Waals surface area (Å²) in [5, 5.41) is 3.21. The number of aromatic nitrogens is 2. The highest BCUT2D eigenvalue weighted by molar-refractivity contribution is 9.10. The standard InChI is InChI=1S/C17H13BrClN3O/c1-11-5-6-12(18)10-13(11)20-16(23)8-7-14-17(19)21-15-4-2-3-9-22(14)15/h2-10H,1H3,(H,20,23)/b8-7+. The van der Waals surface area contributed by atoms with E-state index in [1.165, 1.54) is 6.08 Å². The van der Waals surface area contributed by atoms with Gasteiger partial charge in [-0.1, -0.05) is 39.7 Å². The molecule has 2 heterocycles. The molecule has 0 fully saturated rings. The van der Waals surface area contributed by atoms with Crippen molar-refractivity contribution in [3.8, 4) is 0 Å². The SMILES string of the molecule is Cc1ccc(Br)cc1NC(=O)/C=C/c1c(Cl)nc2ccccn12. The summed E-state index contributed by atoms with van der Waals surface area (Å²) in [6.07, 6.45) is 4.96. The summed E-state index contributed by atoms with van der Waals surface area (Å²) in [5.74, 6) is -0.229. The van der Waals surface area contributed by atoms with Gasteiger partial charge in [-0.05, 0) is 42.8 Å². The molecule has 0 aliphatic heterocycles. The van der Waals surface area contributed by atoms with Crippen molar-refractivity contribution in [2.45, 2.75) is 6.92 Å². The third-order valence-corrected chi connectivity index (χ3v) is 4.14. The van der Waals surface area contributed by atoms with Crippen LogP contribution in [0.15, 0.2) is 53.1 Å². The number of rotatable bonds is 3. The third kappa shape index (κ3) is 3.46. The monoisotopic (exact) mass is 389 g/mol. The number of carbonyl (C=O) groups excluding carboxylic acids is 1. The summed E-state index contributed by atoms with van der Waals surface area (Å²) in [7, 11) is 0. The molecule has 0 aliphatic carbocycles. The third-order valence-electron chi connectivity index (χ3n) is 3.37. The summed E-state index contributed by atoms with van der Waals surface area (Å²) in [5.41, 5.74) is 3.16. The van der Waals surface area contributed by atoms with Crippen molar-refractivity contribution in [2.75, 3.05) is 5.32 Å². The molecule has 23 heavy (non-hydrogen) atoms. The normalized spacial score (nSPS) is 11.3. The van der Waals surface area contributed by atoms with Crippen molar-refractivity contribution in [3.05, 3.63) is 69.6 Å². The van der Waals surface area contributed by atoms with Gasteiger partial charge in [-0.25, -0.2) is 4.98 Å². The van der Waals surface area contributed by atoms with Gasteiger partial charge in [0.2, 0.25) is 5.91 Å². The van der Waals surface area contributed by atoms with Gasteiger partial charge in [0.15, 0.2) is 5.15 Å². The first kappa shape index (κ1) is 15.8. The number of halogens is 2. The van der Waals surface area contributed by atoms with Gasteiger partial charge >= 0.3 is 0 Å². The number of anilines is 1. The molecule has 0 saturated heterocycles. The van der Waals surface area contributed by atoms with Gasteiger partial charge in [-0.15, -0.1) is 0 Å². The summed E-state index contributed by atoms with van der Waals surface area (Å²) in [6, 6.07) is 11.3. The lowest BCUT2D eigenvalue weighted by molar-refractivity contribution is -0.111. The number of pyridine rings is 1. The Balaban J connectivity index is 1.83. The van der Waals surface area contributed by atoms with E-state index in [9.17, 15) is 4.79 Å². The lowest BCUT2D eigenvalue weighted by Crippen LogP contribution is -2.09. The quantitative estimate of drug-likeness (QED) is 0.658. The molecule has 0 spiro atoms. The van der Waals surface area contributed by atoms with E-state index in [1.807, 2.05) is 53.9 Å². The lowest BCUT2D eigenvalue weighted by atomic mass is 10.2. The molecule has 1 amide bonds. The summed E-state index contributed by atoms with van der Waals surface area (Å²) in [4.78, 5) is 16.4. The topological polar surface area (TPSA) is 46.4 Å². The van der Waals surface area contributed by atoms with Crippen LogP contribution in [0.5, 0.6) is 0 Å². The molecule has 3 rings (SSSR count). The molecule has 116 valence electrons. The Morgan fingerprint density at radius 1 is 1.35 bits per heavy atom. The molecule has 4 nitrogen and oxygen atoms in total. The van der Waals surface area contributed by atoms with E-state index < -0.39 is 0 Å². The summed E-state index contributed by atoms with van der Waals surface area (Å²) < 4.78 is 2.74. The molecule has 0 unspecified atom stereocenters. The zero-order chi connectivity index (χ0) is 16.4. The van der Waals surface area contributed by atoms with Gasteiger partial charge in [0, 0.05) is 22.4 Å². The van der Waals surface area contributed by atoms with Crippen molar-refractivity contribution in [3.63, 3.8) is 0 Å². The highest BCUT2D eigenvalue weighted by Crippen LogP contribution is 2.21. The van der Waals surface area contributed by atoms with Crippen LogP contribution in [0.4, 0.5) is 5.69 Å². The smallest absolute Gasteiger partial charge is 0.248 e. The molecule has 6 heteroatoms. The van der Waals surface area contributed by atoms with Crippen LogP contribution in [-0.4, -0.2) is 15.3 Å². The van der Waals surface area contributed by atoms with Gasteiger partial charge in [-0.2, -0.15) is 0 Å². The molecule has 0 radical (unpaired) electrons. The van der Waals surface area contributed by atoms with Crippen LogP contribution in [0.2, 0.25) is 5.15 Å². The number of nitrogens with zero attached hydrogens (tertiary/aromatic N) is 2. The molecule has 0 saturated carbocycles. The largest absolute Gasteiger partial charge is 0.322 e. The minimum absolute atomic E-state index is 0.229. The van der Waals surface area contributed by atoms with Crippen LogP contribution < -0.4 is 5.32 Å². The first-order valence-electron chi connectivity index (χ1n) is 6.92. The van der Waals surface area contributed by atoms with E-state index in [4.69, 9.17) is 11.6 Å². The van der Waals surface area contributed by atoms with Crippen molar-refractivity contribution in [1.82, 2.24) is 9.38 Å². The predicted octanol–water partition coefficient (Wildman–Crippen LogP) is 4.71. The predicted molar refractivity (Wildman–Crippen MR) is 96.7 cm³/mol. The Morgan fingerprint density at radius 3 is 3.00 bits per heavy atom. The average molecular weight is 391 g/mol. The Bertz CT molecular complexity index is 917. The average Bonchev–Trinajstić information content (AvgIpc) is 2.84. The van der Waals surface area contributed by atoms with Gasteiger partial charge < -0.3 is 5.32 Å². The number of fused-ring (bicyclic) bond motifs is 1. The van der Waals surface area contributed by atoms with Gasteiger partial charge in [0.1, 0.15) is 5.65 Å². The van der Waals surface area contributed by atoms with Crippen LogP contribution in [0.1, 0.15) is 11.3 Å². The van der Waals surface area contributed by atoms with Crippen LogP contribution in [0.25, 0.3) is 11.7 Å². The van der Waals surface area contributed by atoms with E-state index >= 15 is 0 Å². The van der Waals surface area contributed by atoms with Crippen molar-refractivity contribution < 1.29 is 4.79 Å². The Labute approximate surface area is 146 Å². The van der Waals surface area contributed by atoms with Crippen LogP contribution >= 0.6 is 27.5 Å². The first-order valence-corrected chi connectivity index (χ1v) is 8.09. The van der Waals surface area contributed by atoms with Crippen molar-refractivity contribution >= 4 is 50.8 Å². The zero-order valence-electron chi connectivity index (χ0n) is 12.3. The molecule has 3 aromatic rings. The van der Waals surface area contributed by atoms with E-state index in [-0.39, 0.29) is 5.91 Å². The van der Waals surface area contributed by atoms with E-state index in [0.717, 1.165) is 21.4 Å². The second-order valence-electron chi connectivity index (χ2n) is 5.00. The second kappa shape index (κ2) is 6.56. The molecular weight excluding hydrogens is 378 g/mol. The van der Waals surface area contributed by atoms with Crippen LogP contribution in [0, 0.1) is 6.92 Å². The van der Waals surface area contributed by atoms with Crippen LogP contribution in [0.3, 0.4) is 0 Å². The Morgan fingerprint density at radius 2 is 2.17 bits per heavy atom. The number of benzene rings is 1. The molecular formula is C17H13BrClN3O. The minimum Gasteiger partial charge on any atom is -0.322 e. The fourth-order valence-electron chi connectivity index (χ4n) is 2.19. The van der Waals surface area contributed by atoms with Crippen molar-refractivity contribution in [2.24, 2.45) is 0 Å². The fourth-order valence-corrected chi connectivity index (χ4v) is 2.79. The maximum atomic E-state index is 12.1. The Hall–Kier alpha value is -2.11. The van der Waals surface area contributed by atoms with Gasteiger partial charge in [-0.3, -0.25) is 9.20 Å². The van der Waals surface area contributed by atoms with E-state index in [2.05, 4.69) is 26.2 Å². The first-order chi connectivity index (χ1) is 11.0. The zero-order valence-corrected chi connectivity index (χ0v) is 14.6. The number of imidazole rings is 1. The molecule has 2 aromatic heterocycles. The number of aryl methyl sites for hydroxylation is 1. The Kier molecular flexibility index (Phi) is 4.50. The second-order valence-corrected chi connectivity index (χ2v) is 6.27. The maximum Gasteiger partial charge on any atom is 0.248 e. The van der Waals surface area contributed by atoms with E-state index in [1.54, 1.807) is 6.08 Å². The number of hydrogen-bond acceptors (Lipinski definition) is 2. The fraction of sp³-hybridized carbons (Fsp3) is 0.0588. The van der Waals surface area contributed by atoms with Crippen molar-refractivity contribution in [1.29, 1.82) is 0 Å². The number of carbonyl (C=O) groups is 1. The molecule has 0 aliphatic rings. The minimum atomic E-state index is -0.229. The number of nitrogens with one attached hydrogen (secondary N) is 1. The molecule has 0 bridgehead atoms. The van der Waals surface area contributed by atoms with E-state index in [0.29, 0.717) is 10.8 Å². The summed E-state index contributed by atoms with van der Waals surface area (Å²) >= 11 is 9.53. The van der Waals surface area contributed by atoms with Gasteiger partial charge in [0.25, 0.3) is 0 Å². The number of hydrogen-bond donors (Lipinski definition) is 1. The van der Waals surface area contributed by atoms with Gasteiger partial charge in [0.05, 0.1) is 5.69 Å². The highest BCUT2D eigenvalue weighted by atomic mass is 79.9. The highest BCUT2D eigenvalue weighted by Gasteiger charge is 2.08. The van der Waals surface area contributed by atoms with Crippen LogP contribution in [-0.2, 0) is 4.79 Å². The molecule has 0 atom stereocenters. The summed E-state index contributed by atoms with van der Waals surface area (Å²) in [6.45, 7) is 1.94. The molecule has 1 aromatic carbocycles. The molecule has 1 N–H and O–H groups in total. The maximum absolute atomic E-state index is 12.1. The lowest BCUT2D eigenvalue weighted by Gasteiger charge is -2.06.